The second-order valence-corrected chi connectivity index (χ2v) is 5.16. The van der Waals surface area contributed by atoms with E-state index < -0.39 is 0 Å². The van der Waals surface area contributed by atoms with Crippen LogP contribution >= 0.6 is 31.9 Å². The zero-order valence-corrected chi connectivity index (χ0v) is 12.2. The maximum Gasteiger partial charge on any atom is 0.150 e. The first-order valence-corrected chi connectivity index (χ1v) is 6.45. The number of hydrogen-bond donors (Lipinski definition) is 2. The highest BCUT2D eigenvalue weighted by atomic mass is 79.9. The topological polar surface area (TPSA) is 63.8 Å². The highest BCUT2D eigenvalue weighted by Gasteiger charge is 2.06. The number of nitrogens with two attached hydrogens (primary N) is 1. The fourth-order valence-corrected chi connectivity index (χ4v) is 1.88. The number of aryl methyl sites for hydroxylation is 1. The van der Waals surface area contributed by atoms with Crippen LogP contribution in [-0.2, 0) is 0 Å². The molecule has 0 fully saturated rings. The van der Waals surface area contributed by atoms with Gasteiger partial charge in [0.05, 0.1) is 0 Å². The average molecular weight is 358 g/mol. The van der Waals surface area contributed by atoms with Crippen LogP contribution < -0.4 is 11.1 Å². The second-order valence-electron chi connectivity index (χ2n) is 3.51. The molecule has 1 heterocycles. The van der Waals surface area contributed by atoms with Crippen molar-refractivity contribution in [1.29, 1.82) is 0 Å². The molecule has 0 bridgehead atoms. The summed E-state index contributed by atoms with van der Waals surface area (Å²) < 4.78 is 1.74. The molecule has 0 spiro atoms. The summed E-state index contributed by atoms with van der Waals surface area (Å²) >= 11 is 6.81. The average Bonchev–Trinajstić information content (AvgIpc) is 2.30. The van der Waals surface area contributed by atoms with Gasteiger partial charge < -0.3 is 11.1 Å². The third-order valence-electron chi connectivity index (χ3n) is 2.24. The molecular formula is C11H10Br2N4. The number of nitrogens with zero attached hydrogens (tertiary/aromatic N) is 2. The Balaban J connectivity index is 2.31. The monoisotopic (exact) mass is 356 g/mol. The lowest BCUT2D eigenvalue weighted by atomic mass is 10.2. The van der Waals surface area contributed by atoms with Crippen LogP contribution in [0.15, 0.2) is 33.5 Å². The van der Waals surface area contributed by atoms with E-state index in [1.54, 1.807) is 0 Å². The first-order chi connectivity index (χ1) is 8.08. The van der Waals surface area contributed by atoms with Crippen LogP contribution in [0.3, 0.4) is 0 Å². The minimum Gasteiger partial charge on any atom is -0.383 e. The number of hydrogen-bond acceptors (Lipinski definition) is 4. The Morgan fingerprint density at radius 1 is 1.24 bits per heavy atom. The third-order valence-corrected chi connectivity index (χ3v) is 3.91. The van der Waals surface area contributed by atoms with Gasteiger partial charge >= 0.3 is 0 Å². The molecule has 0 atom stereocenters. The van der Waals surface area contributed by atoms with Gasteiger partial charge in [0.1, 0.15) is 22.4 Å². The van der Waals surface area contributed by atoms with Crippen molar-refractivity contribution in [2.24, 2.45) is 0 Å². The molecule has 0 saturated carbocycles. The van der Waals surface area contributed by atoms with E-state index in [1.807, 2.05) is 25.1 Å². The predicted molar refractivity (Wildman–Crippen MR) is 76.3 cm³/mol. The fraction of sp³-hybridized carbons (Fsp3) is 0.0909. The number of benzene rings is 1. The molecule has 0 aliphatic heterocycles. The summed E-state index contributed by atoms with van der Waals surface area (Å²) in [7, 11) is 0. The normalized spacial score (nSPS) is 10.3. The maximum atomic E-state index is 5.68. The van der Waals surface area contributed by atoms with Gasteiger partial charge in [-0.1, -0.05) is 15.9 Å². The van der Waals surface area contributed by atoms with E-state index >= 15 is 0 Å². The number of nitrogen functional groups attached to an aromatic ring is 1. The molecule has 3 N–H and O–H groups in total. The van der Waals surface area contributed by atoms with Crippen molar-refractivity contribution in [2.45, 2.75) is 6.92 Å². The molecule has 1 aromatic heterocycles. The standard InChI is InChI=1S/C11H10Br2N4/c1-6-4-7(2-3-8(6)12)17-11-9(13)10(14)15-5-16-11/h2-5H,1H3,(H3,14,15,16,17). The zero-order valence-electron chi connectivity index (χ0n) is 9.04. The number of aromatic nitrogens is 2. The third kappa shape index (κ3) is 2.76. The van der Waals surface area contributed by atoms with Crippen LogP contribution in [0.2, 0.25) is 0 Å². The summed E-state index contributed by atoms with van der Waals surface area (Å²) in [6.45, 7) is 2.03. The van der Waals surface area contributed by atoms with Gasteiger partial charge in [-0.15, -0.1) is 0 Å². The molecule has 0 aliphatic rings. The van der Waals surface area contributed by atoms with E-state index in [0.717, 1.165) is 15.7 Å². The van der Waals surface area contributed by atoms with E-state index in [0.29, 0.717) is 16.1 Å². The molecule has 0 aliphatic carbocycles. The lowest BCUT2D eigenvalue weighted by molar-refractivity contribution is 1.16. The van der Waals surface area contributed by atoms with E-state index in [9.17, 15) is 0 Å². The van der Waals surface area contributed by atoms with Gasteiger partial charge in [0, 0.05) is 10.2 Å². The molecule has 0 amide bonds. The van der Waals surface area contributed by atoms with Gasteiger partial charge in [-0.05, 0) is 46.6 Å². The summed E-state index contributed by atoms with van der Waals surface area (Å²) in [6.07, 6.45) is 1.42. The Hall–Kier alpha value is -1.14. The molecule has 2 aromatic rings. The molecule has 1 aromatic carbocycles. The smallest absolute Gasteiger partial charge is 0.150 e. The quantitative estimate of drug-likeness (QED) is 0.861. The van der Waals surface area contributed by atoms with Crippen molar-refractivity contribution in [2.75, 3.05) is 11.1 Å². The fourth-order valence-electron chi connectivity index (χ4n) is 1.33. The van der Waals surface area contributed by atoms with Crippen LogP contribution in [0.5, 0.6) is 0 Å². The van der Waals surface area contributed by atoms with Gasteiger partial charge in [0.15, 0.2) is 0 Å². The van der Waals surface area contributed by atoms with E-state index in [-0.39, 0.29) is 0 Å². The largest absolute Gasteiger partial charge is 0.383 e. The second kappa shape index (κ2) is 5.01. The number of halogens is 2. The Labute approximate surface area is 116 Å². The Morgan fingerprint density at radius 3 is 2.71 bits per heavy atom. The van der Waals surface area contributed by atoms with Crippen LogP contribution in [0, 0.1) is 6.92 Å². The van der Waals surface area contributed by atoms with Gasteiger partial charge in [0.25, 0.3) is 0 Å². The summed E-state index contributed by atoms with van der Waals surface area (Å²) in [5.41, 5.74) is 7.78. The zero-order chi connectivity index (χ0) is 12.4. The van der Waals surface area contributed by atoms with Crippen LogP contribution in [0.4, 0.5) is 17.3 Å². The van der Waals surface area contributed by atoms with Crippen molar-refractivity contribution in [3.8, 4) is 0 Å². The van der Waals surface area contributed by atoms with Gasteiger partial charge in [0.2, 0.25) is 0 Å². The van der Waals surface area contributed by atoms with E-state index in [2.05, 4.69) is 47.1 Å². The Morgan fingerprint density at radius 2 is 2.00 bits per heavy atom. The van der Waals surface area contributed by atoms with Crippen LogP contribution in [0.1, 0.15) is 5.56 Å². The molecule has 0 unspecified atom stereocenters. The first-order valence-electron chi connectivity index (χ1n) is 4.87. The highest BCUT2D eigenvalue weighted by molar-refractivity contribution is 9.11. The molecule has 6 heteroatoms. The SMILES string of the molecule is Cc1cc(Nc2ncnc(N)c2Br)ccc1Br. The van der Waals surface area contributed by atoms with Crippen molar-refractivity contribution in [3.05, 3.63) is 39.0 Å². The van der Waals surface area contributed by atoms with Crippen LogP contribution in [-0.4, -0.2) is 9.97 Å². The molecule has 88 valence electrons. The minimum absolute atomic E-state index is 0.413. The summed E-state index contributed by atoms with van der Waals surface area (Å²) in [5, 5.41) is 3.18. The molecular weight excluding hydrogens is 348 g/mol. The van der Waals surface area contributed by atoms with Crippen molar-refractivity contribution in [3.63, 3.8) is 0 Å². The highest BCUT2D eigenvalue weighted by Crippen LogP contribution is 2.28. The lowest BCUT2D eigenvalue weighted by Crippen LogP contribution is -2.00. The molecule has 17 heavy (non-hydrogen) atoms. The van der Waals surface area contributed by atoms with Gasteiger partial charge in [-0.25, -0.2) is 9.97 Å². The van der Waals surface area contributed by atoms with Crippen LogP contribution in [0.25, 0.3) is 0 Å². The van der Waals surface area contributed by atoms with E-state index in [1.165, 1.54) is 6.33 Å². The molecule has 4 nitrogen and oxygen atoms in total. The summed E-state index contributed by atoms with van der Waals surface area (Å²) in [4.78, 5) is 8.01. The number of anilines is 3. The molecule has 2 rings (SSSR count). The molecule has 0 saturated heterocycles. The van der Waals surface area contributed by atoms with Crippen molar-refractivity contribution in [1.82, 2.24) is 9.97 Å². The van der Waals surface area contributed by atoms with Gasteiger partial charge in [-0.3, -0.25) is 0 Å². The number of rotatable bonds is 2. The van der Waals surface area contributed by atoms with Crippen molar-refractivity contribution >= 4 is 49.2 Å². The Bertz CT molecular complexity index is 557. The van der Waals surface area contributed by atoms with E-state index in [4.69, 9.17) is 5.73 Å². The maximum absolute atomic E-state index is 5.68. The molecule has 0 radical (unpaired) electrons. The predicted octanol–water partition coefficient (Wildman–Crippen LogP) is 3.64. The van der Waals surface area contributed by atoms with Gasteiger partial charge in [-0.2, -0.15) is 0 Å². The summed E-state index contributed by atoms with van der Waals surface area (Å²) in [6, 6.07) is 5.97. The minimum atomic E-state index is 0.413. The van der Waals surface area contributed by atoms with Crippen molar-refractivity contribution < 1.29 is 0 Å². The first kappa shape index (κ1) is 12.3. The summed E-state index contributed by atoms with van der Waals surface area (Å²) in [5.74, 6) is 1.07. The lowest BCUT2D eigenvalue weighted by Gasteiger charge is -2.09. The number of nitrogens with one attached hydrogen (secondary N) is 1. The Kier molecular flexibility index (Phi) is 3.63.